The van der Waals surface area contributed by atoms with E-state index in [1.54, 1.807) is 12.1 Å². The third-order valence-corrected chi connectivity index (χ3v) is 2.49. The zero-order valence-corrected chi connectivity index (χ0v) is 8.78. The molecule has 0 unspecified atom stereocenters. The van der Waals surface area contributed by atoms with E-state index in [2.05, 4.69) is 21.2 Å². The Bertz CT molecular complexity index is 381. The Labute approximate surface area is 88.2 Å². The number of benzene rings is 1. The van der Waals surface area contributed by atoms with E-state index >= 15 is 0 Å². The second kappa shape index (κ2) is 3.20. The Hall–Kier alpha value is -0.740. The zero-order chi connectivity index (χ0) is 9.42. The number of hydrogen-bond donors (Lipinski definition) is 1. The highest BCUT2D eigenvalue weighted by Gasteiger charge is 2.18. The first-order valence-corrected chi connectivity index (χ1v) is 4.75. The highest BCUT2D eigenvalue weighted by atomic mass is 79.9. The van der Waals surface area contributed by atoms with Crippen LogP contribution in [-0.4, -0.2) is 12.5 Å². The summed E-state index contributed by atoms with van der Waals surface area (Å²) in [6.45, 7) is 0.0415. The minimum absolute atomic E-state index is 0.0415. The second-order valence-corrected chi connectivity index (χ2v) is 3.89. The molecule has 0 bridgehead atoms. The maximum absolute atomic E-state index is 11.0. The van der Waals surface area contributed by atoms with Crippen LogP contribution in [0.25, 0.3) is 0 Å². The van der Waals surface area contributed by atoms with E-state index in [1.807, 2.05) is 0 Å². The predicted molar refractivity (Wildman–Crippen MR) is 53.3 cm³/mol. The van der Waals surface area contributed by atoms with Crippen molar-refractivity contribution in [3.05, 3.63) is 21.6 Å². The van der Waals surface area contributed by atoms with Gasteiger partial charge in [-0.1, -0.05) is 11.6 Å². The smallest absolute Gasteiger partial charge is 0.262 e. The average Bonchev–Trinajstić information content (AvgIpc) is 2.06. The normalized spacial score (nSPS) is 14.5. The first-order chi connectivity index (χ1) is 6.16. The molecule has 1 aliphatic heterocycles. The van der Waals surface area contributed by atoms with Gasteiger partial charge in [0, 0.05) is 15.6 Å². The third-order valence-electron chi connectivity index (χ3n) is 1.64. The van der Waals surface area contributed by atoms with Crippen molar-refractivity contribution in [3.8, 4) is 5.75 Å². The van der Waals surface area contributed by atoms with Gasteiger partial charge in [0.25, 0.3) is 5.91 Å². The number of ether oxygens (including phenoxy) is 1. The van der Waals surface area contributed by atoms with Crippen molar-refractivity contribution >= 4 is 39.1 Å². The van der Waals surface area contributed by atoms with Crippen LogP contribution in [0.2, 0.25) is 5.02 Å². The molecular formula is C8H5BrClNO2. The summed E-state index contributed by atoms with van der Waals surface area (Å²) in [6.07, 6.45) is 0. The van der Waals surface area contributed by atoms with Crippen LogP contribution >= 0.6 is 27.5 Å². The molecule has 0 radical (unpaired) electrons. The highest BCUT2D eigenvalue weighted by Crippen LogP contribution is 2.37. The molecule has 2 rings (SSSR count). The van der Waals surface area contributed by atoms with Crippen LogP contribution in [0.5, 0.6) is 5.75 Å². The Kier molecular flexibility index (Phi) is 2.17. The number of anilines is 1. The summed E-state index contributed by atoms with van der Waals surface area (Å²) in [6, 6.07) is 3.37. The maximum Gasteiger partial charge on any atom is 0.262 e. The highest BCUT2D eigenvalue weighted by molar-refractivity contribution is 9.10. The van der Waals surface area contributed by atoms with Gasteiger partial charge < -0.3 is 10.1 Å². The lowest BCUT2D eigenvalue weighted by atomic mass is 10.2. The molecule has 0 saturated carbocycles. The molecule has 0 spiro atoms. The standard InChI is InChI=1S/C8H5BrClNO2/c9-5-1-4(10)2-6-8(5)11-7(12)3-13-6/h1-2H,3H2,(H,11,12). The summed E-state index contributed by atoms with van der Waals surface area (Å²) in [5.41, 5.74) is 0.639. The van der Waals surface area contributed by atoms with Gasteiger partial charge in [0.05, 0.1) is 5.69 Å². The molecule has 1 aliphatic rings. The molecule has 5 heteroatoms. The van der Waals surface area contributed by atoms with E-state index in [1.165, 1.54) is 0 Å². The minimum atomic E-state index is -0.157. The third kappa shape index (κ3) is 1.64. The van der Waals surface area contributed by atoms with Crippen molar-refractivity contribution in [2.24, 2.45) is 0 Å². The first-order valence-electron chi connectivity index (χ1n) is 3.58. The molecule has 0 aromatic heterocycles. The van der Waals surface area contributed by atoms with Crippen molar-refractivity contribution in [1.29, 1.82) is 0 Å². The number of fused-ring (bicyclic) bond motifs is 1. The Morgan fingerprint density at radius 1 is 1.54 bits per heavy atom. The van der Waals surface area contributed by atoms with E-state index in [0.717, 1.165) is 4.47 Å². The van der Waals surface area contributed by atoms with Crippen LogP contribution in [0.4, 0.5) is 5.69 Å². The number of halogens is 2. The van der Waals surface area contributed by atoms with Crippen LogP contribution in [0.3, 0.4) is 0 Å². The van der Waals surface area contributed by atoms with Gasteiger partial charge in [-0.15, -0.1) is 0 Å². The van der Waals surface area contributed by atoms with Gasteiger partial charge in [0.15, 0.2) is 6.61 Å². The Balaban J connectivity index is 2.53. The van der Waals surface area contributed by atoms with Crippen molar-refractivity contribution < 1.29 is 9.53 Å². The van der Waals surface area contributed by atoms with Crippen LogP contribution in [0, 0.1) is 0 Å². The van der Waals surface area contributed by atoms with Gasteiger partial charge in [-0.05, 0) is 22.0 Å². The summed E-state index contributed by atoms with van der Waals surface area (Å²) in [7, 11) is 0. The Morgan fingerprint density at radius 2 is 2.31 bits per heavy atom. The summed E-state index contributed by atoms with van der Waals surface area (Å²) in [4.78, 5) is 11.0. The molecule has 13 heavy (non-hydrogen) atoms. The van der Waals surface area contributed by atoms with Crippen LogP contribution in [-0.2, 0) is 4.79 Å². The summed E-state index contributed by atoms with van der Waals surface area (Å²) in [5.74, 6) is 0.439. The van der Waals surface area contributed by atoms with E-state index in [0.29, 0.717) is 16.5 Å². The van der Waals surface area contributed by atoms with Gasteiger partial charge in [0.2, 0.25) is 0 Å². The van der Waals surface area contributed by atoms with E-state index in [4.69, 9.17) is 16.3 Å². The van der Waals surface area contributed by atoms with Gasteiger partial charge in [-0.25, -0.2) is 0 Å². The molecule has 3 nitrogen and oxygen atoms in total. The summed E-state index contributed by atoms with van der Waals surface area (Å²) in [5, 5.41) is 3.26. The van der Waals surface area contributed by atoms with Crippen LogP contribution in [0.15, 0.2) is 16.6 Å². The summed E-state index contributed by atoms with van der Waals surface area (Å²) >= 11 is 9.08. The molecular weight excluding hydrogens is 257 g/mol. The van der Waals surface area contributed by atoms with Crippen molar-refractivity contribution in [1.82, 2.24) is 0 Å². The summed E-state index contributed by atoms with van der Waals surface area (Å²) < 4.78 is 5.90. The number of nitrogens with one attached hydrogen (secondary N) is 1. The second-order valence-electron chi connectivity index (χ2n) is 2.60. The number of rotatable bonds is 0. The molecule has 0 atom stereocenters. The van der Waals surface area contributed by atoms with Gasteiger partial charge in [0.1, 0.15) is 5.75 Å². The van der Waals surface area contributed by atoms with Gasteiger partial charge >= 0.3 is 0 Å². The van der Waals surface area contributed by atoms with Crippen molar-refractivity contribution in [2.75, 3.05) is 11.9 Å². The van der Waals surface area contributed by atoms with Gasteiger partial charge in [-0.3, -0.25) is 4.79 Å². The van der Waals surface area contributed by atoms with Crippen molar-refractivity contribution in [2.45, 2.75) is 0 Å². The molecule has 0 aliphatic carbocycles. The maximum atomic E-state index is 11.0. The lowest BCUT2D eigenvalue weighted by Crippen LogP contribution is -2.25. The fourth-order valence-electron chi connectivity index (χ4n) is 1.10. The number of carbonyl (C=O) groups is 1. The average molecular weight is 262 g/mol. The monoisotopic (exact) mass is 261 g/mol. The van der Waals surface area contributed by atoms with Crippen LogP contribution < -0.4 is 10.1 Å². The predicted octanol–water partition coefficient (Wildman–Crippen LogP) is 2.43. The fourth-order valence-corrected chi connectivity index (χ4v) is 1.99. The zero-order valence-electron chi connectivity index (χ0n) is 6.43. The molecule has 1 N–H and O–H groups in total. The molecule has 0 saturated heterocycles. The number of hydrogen-bond acceptors (Lipinski definition) is 2. The Morgan fingerprint density at radius 3 is 3.08 bits per heavy atom. The van der Waals surface area contributed by atoms with Crippen LogP contribution in [0.1, 0.15) is 0 Å². The van der Waals surface area contributed by atoms with E-state index in [-0.39, 0.29) is 12.5 Å². The largest absolute Gasteiger partial charge is 0.481 e. The quantitative estimate of drug-likeness (QED) is 0.780. The molecule has 1 aromatic carbocycles. The van der Waals surface area contributed by atoms with E-state index in [9.17, 15) is 4.79 Å². The van der Waals surface area contributed by atoms with Crippen molar-refractivity contribution in [3.63, 3.8) is 0 Å². The minimum Gasteiger partial charge on any atom is -0.481 e. The molecule has 1 amide bonds. The lowest BCUT2D eigenvalue weighted by molar-refractivity contribution is -0.118. The van der Waals surface area contributed by atoms with Gasteiger partial charge in [-0.2, -0.15) is 0 Å². The first kappa shape index (κ1) is 8.84. The molecule has 0 fully saturated rings. The molecule has 1 heterocycles. The fraction of sp³-hybridized carbons (Fsp3) is 0.125. The molecule has 1 aromatic rings. The number of carbonyl (C=O) groups excluding carboxylic acids is 1. The molecule has 68 valence electrons. The lowest BCUT2D eigenvalue weighted by Gasteiger charge is -2.19. The number of amides is 1. The van der Waals surface area contributed by atoms with E-state index < -0.39 is 0 Å². The SMILES string of the molecule is O=C1COc2cc(Cl)cc(Br)c2N1. The topological polar surface area (TPSA) is 38.3 Å².